The molecule has 1 aromatic heterocycles. The van der Waals surface area contributed by atoms with Gasteiger partial charge in [0, 0.05) is 29.8 Å². The summed E-state index contributed by atoms with van der Waals surface area (Å²) in [5, 5.41) is 3.48. The highest BCUT2D eigenvalue weighted by Crippen LogP contribution is 2.39. The topological polar surface area (TPSA) is 63.7 Å². The van der Waals surface area contributed by atoms with Gasteiger partial charge in [-0.25, -0.2) is 0 Å². The second-order valence-corrected chi connectivity index (χ2v) is 7.75. The van der Waals surface area contributed by atoms with Crippen LogP contribution in [0.5, 0.6) is 11.5 Å². The summed E-state index contributed by atoms with van der Waals surface area (Å²) in [5.74, 6) is 1.84. The largest absolute Gasteiger partial charge is 0.494 e. The van der Waals surface area contributed by atoms with Gasteiger partial charge in [0.1, 0.15) is 5.56 Å². The highest BCUT2D eigenvalue weighted by molar-refractivity contribution is 5.83. The lowest BCUT2D eigenvalue weighted by Crippen LogP contribution is -2.42. The molecule has 1 saturated carbocycles. The Bertz CT molecular complexity index is 689. The molecule has 0 spiro atoms. The number of allylic oxidation sites excluding steroid dienone is 1. The summed E-state index contributed by atoms with van der Waals surface area (Å²) in [6.07, 6.45) is 11.2. The number of hydrogen-bond donors (Lipinski definition) is 1. The number of nitrogens with zero attached hydrogens (tertiary/aromatic N) is 2. The summed E-state index contributed by atoms with van der Waals surface area (Å²) in [4.78, 5) is 18.1. The number of rotatable bonds is 7. The van der Waals surface area contributed by atoms with Crippen LogP contribution in [-0.2, 0) is 0 Å². The van der Waals surface area contributed by atoms with Gasteiger partial charge >= 0.3 is 0 Å². The summed E-state index contributed by atoms with van der Waals surface area (Å²) in [6, 6.07) is 0.453. The van der Waals surface area contributed by atoms with Gasteiger partial charge in [-0.2, -0.15) is 0 Å². The molecule has 148 valence electrons. The van der Waals surface area contributed by atoms with E-state index in [4.69, 9.17) is 9.47 Å². The molecule has 2 heterocycles. The fraction of sp³-hybridized carbons (Fsp3) is 0.619. The van der Waals surface area contributed by atoms with Crippen molar-refractivity contribution >= 4 is 6.29 Å². The van der Waals surface area contributed by atoms with Crippen LogP contribution in [0.3, 0.4) is 0 Å². The van der Waals surface area contributed by atoms with Crippen molar-refractivity contribution in [1.29, 1.82) is 0 Å². The molecule has 0 bridgehead atoms. The van der Waals surface area contributed by atoms with Crippen molar-refractivity contribution in [3.63, 3.8) is 0 Å². The number of ether oxygens (including phenoxy) is 2. The van der Waals surface area contributed by atoms with Crippen LogP contribution in [0.25, 0.3) is 0 Å². The number of carbonyl (C=O) groups excluding carboxylic acids is 1. The zero-order chi connectivity index (χ0) is 19.4. The molecule has 6 nitrogen and oxygen atoms in total. The molecule has 1 fully saturated rings. The van der Waals surface area contributed by atoms with E-state index in [2.05, 4.69) is 42.2 Å². The van der Waals surface area contributed by atoms with Crippen LogP contribution in [0.2, 0.25) is 0 Å². The van der Waals surface area contributed by atoms with Crippen molar-refractivity contribution in [1.82, 2.24) is 15.2 Å². The Morgan fingerprint density at radius 1 is 1.30 bits per heavy atom. The minimum atomic E-state index is 0.327. The number of carbonyl (C=O) groups is 1. The molecule has 3 unspecified atom stereocenters. The third-order valence-electron chi connectivity index (χ3n) is 5.74. The quantitative estimate of drug-likeness (QED) is 0.737. The molecule has 0 aromatic carbocycles. The molecular formula is C21H31N3O3. The van der Waals surface area contributed by atoms with Crippen molar-refractivity contribution in [2.24, 2.45) is 11.8 Å². The van der Waals surface area contributed by atoms with Gasteiger partial charge in [-0.3, -0.25) is 9.78 Å². The van der Waals surface area contributed by atoms with Crippen LogP contribution < -0.4 is 14.8 Å². The fourth-order valence-electron chi connectivity index (χ4n) is 4.45. The molecule has 3 atom stereocenters. The van der Waals surface area contributed by atoms with Gasteiger partial charge in [-0.1, -0.05) is 12.8 Å². The van der Waals surface area contributed by atoms with E-state index in [9.17, 15) is 4.79 Å². The Morgan fingerprint density at radius 3 is 2.74 bits per heavy atom. The van der Waals surface area contributed by atoms with Crippen molar-refractivity contribution in [3.05, 3.63) is 29.9 Å². The third kappa shape index (κ3) is 4.04. The summed E-state index contributed by atoms with van der Waals surface area (Å²) < 4.78 is 11.3. The monoisotopic (exact) mass is 373 g/mol. The Morgan fingerprint density at radius 2 is 2.04 bits per heavy atom. The fourth-order valence-corrected chi connectivity index (χ4v) is 4.45. The first-order valence-corrected chi connectivity index (χ1v) is 9.91. The lowest BCUT2D eigenvalue weighted by atomic mass is 9.77. The van der Waals surface area contributed by atoms with E-state index in [1.54, 1.807) is 6.20 Å². The van der Waals surface area contributed by atoms with Crippen molar-refractivity contribution in [3.8, 4) is 11.5 Å². The Balaban J connectivity index is 1.75. The normalized spacial score (nSPS) is 25.1. The first-order valence-electron chi connectivity index (χ1n) is 9.91. The molecule has 2 aliphatic rings. The minimum absolute atomic E-state index is 0.327. The Hall–Kier alpha value is -2.24. The zero-order valence-corrected chi connectivity index (χ0v) is 16.8. The van der Waals surface area contributed by atoms with Crippen LogP contribution in [-0.4, -0.2) is 42.1 Å². The van der Waals surface area contributed by atoms with Crippen LogP contribution in [0, 0.1) is 11.8 Å². The summed E-state index contributed by atoms with van der Waals surface area (Å²) >= 11 is 0. The van der Waals surface area contributed by atoms with Gasteiger partial charge in [-0.15, -0.1) is 0 Å². The maximum atomic E-state index is 11.5. The van der Waals surface area contributed by atoms with Gasteiger partial charge in [-0.05, 0) is 33.6 Å². The predicted octanol–water partition coefficient (Wildman–Crippen LogP) is 3.59. The number of aldehydes is 1. The van der Waals surface area contributed by atoms with E-state index >= 15 is 0 Å². The summed E-state index contributed by atoms with van der Waals surface area (Å²) in [7, 11) is 1.53. The lowest BCUT2D eigenvalue weighted by Gasteiger charge is -2.39. The predicted molar refractivity (Wildman–Crippen MR) is 105 cm³/mol. The third-order valence-corrected chi connectivity index (χ3v) is 5.74. The lowest BCUT2D eigenvalue weighted by molar-refractivity contribution is 0.110. The molecule has 0 amide bonds. The van der Waals surface area contributed by atoms with E-state index in [0.29, 0.717) is 47.7 Å². The molecule has 1 N–H and O–H groups in total. The van der Waals surface area contributed by atoms with E-state index in [-0.39, 0.29) is 0 Å². The maximum absolute atomic E-state index is 11.5. The molecule has 1 aromatic rings. The molecule has 6 heteroatoms. The molecule has 3 rings (SSSR count). The van der Waals surface area contributed by atoms with Gasteiger partial charge in [0.2, 0.25) is 0 Å². The zero-order valence-electron chi connectivity index (χ0n) is 16.8. The average Bonchev–Trinajstić information content (AvgIpc) is 3.07. The Kier molecular flexibility index (Phi) is 6.24. The maximum Gasteiger partial charge on any atom is 0.157 e. The SMILES string of the molecule is COc1cncc(OCC2CCCCC2C2=CNC(C)N2C(C)C)c1C=O. The standard InChI is InChI=1S/C21H31N3O3/c1-14(2)24-15(3)23-9-19(24)17-8-6-5-7-16(17)13-27-21-11-22-10-20(26-4)18(21)12-25/h9-12,14-17,23H,5-8,13H2,1-4H3. The average molecular weight is 373 g/mol. The van der Waals surface area contributed by atoms with E-state index < -0.39 is 0 Å². The molecule has 0 radical (unpaired) electrons. The van der Waals surface area contributed by atoms with Gasteiger partial charge in [0.05, 0.1) is 32.3 Å². The second kappa shape index (κ2) is 8.63. The van der Waals surface area contributed by atoms with Gasteiger partial charge in [0.25, 0.3) is 0 Å². The molecule has 1 aliphatic heterocycles. The van der Waals surface area contributed by atoms with Gasteiger partial charge in [0.15, 0.2) is 17.8 Å². The van der Waals surface area contributed by atoms with Crippen molar-refractivity contribution < 1.29 is 14.3 Å². The number of pyridine rings is 1. The smallest absolute Gasteiger partial charge is 0.157 e. The van der Waals surface area contributed by atoms with E-state index in [1.807, 2.05) is 0 Å². The summed E-state index contributed by atoms with van der Waals surface area (Å²) in [5.41, 5.74) is 1.82. The first kappa shape index (κ1) is 19.5. The molecule has 1 aliphatic carbocycles. The number of hydrogen-bond acceptors (Lipinski definition) is 6. The van der Waals surface area contributed by atoms with Crippen LogP contribution in [0.15, 0.2) is 24.3 Å². The van der Waals surface area contributed by atoms with E-state index in [0.717, 1.165) is 12.7 Å². The van der Waals surface area contributed by atoms with Gasteiger partial charge < -0.3 is 19.7 Å². The number of aromatic nitrogens is 1. The molecule has 27 heavy (non-hydrogen) atoms. The Labute approximate surface area is 161 Å². The highest BCUT2D eigenvalue weighted by atomic mass is 16.5. The highest BCUT2D eigenvalue weighted by Gasteiger charge is 2.36. The van der Waals surface area contributed by atoms with Crippen LogP contribution >= 0.6 is 0 Å². The first-order chi connectivity index (χ1) is 13.1. The summed E-state index contributed by atoms with van der Waals surface area (Å²) in [6.45, 7) is 7.27. The van der Waals surface area contributed by atoms with E-state index in [1.165, 1.54) is 38.3 Å². The van der Waals surface area contributed by atoms with Crippen molar-refractivity contribution in [2.75, 3.05) is 13.7 Å². The number of nitrogens with one attached hydrogen (secondary N) is 1. The molecular weight excluding hydrogens is 342 g/mol. The second-order valence-electron chi connectivity index (χ2n) is 7.75. The van der Waals surface area contributed by atoms with Crippen LogP contribution in [0.1, 0.15) is 56.8 Å². The number of methoxy groups -OCH3 is 1. The minimum Gasteiger partial charge on any atom is -0.494 e. The van der Waals surface area contributed by atoms with Crippen molar-refractivity contribution in [2.45, 2.75) is 58.7 Å². The molecule has 0 saturated heterocycles. The van der Waals surface area contributed by atoms with Crippen LogP contribution in [0.4, 0.5) is 0 Å².